The lowest BCUT2D eigenvalue weighted by molar-refractivity contribution is 0.599. The van der Waals surface area contributed by atoms with Crippen LogP contribution in [0.3, 0.4) is 0 Å². The number of aromatic nitrogens is 4. The van der Waals surface area contributed by atoms with E-state index < -0.39 is 10.0 Å². The van der Waals surface area contributed by atoms with E-state index in [0.717, 1.165) is 46.7 Å². The zero-order valence-corrected chi connectivity index (χ0v) is 22.8. The number of anilines is 4. The minimum absolute atomic E-state index is 0.320. The fourth-order valence-corrected chi connectivity index (χ4v) is 5.01. The Morgan fingerprint density at radius 3 is 2.86 bits per heavy atom. The molecule has 0 unspecified atom stereocenters. The molecule has 0 saturated carbocycles. The van der Waals surface area contributed by atoms with Gasteiger partial charge in [0.2, 0.25) is 16.0 Å². The van der Waals surface area contributed by atoms with Gasteiger partial charge in [-0.1, -0.05) is 12.1 Å². The quantitative estimate of drug-likeness (QED) is 0.243. The number of sulfonamides is 1. The molecule has 0 spiro atoms. The summed E-state index contributed by atoms with van der Waals surface area (Å²) in [5.74, 6) is 1.36. The maximum Gasteiger partial charge on any atom is 0.233 e. The highest BCUT2D eigenvalue weighted by Crippen LogP contribution is 2.31. The first-order valence-corrected chi connectivity index (χ1v) is 14.4. The Balaban J connectivity index is 1.36. The van der Waals surface area contributed by atoms with Crippen LogP contribution in [0, 0.1) is 0 Å². The number of pyridine rings is 1. The van der Waals surface area contributed by atoms with Crippen molar-refractivity contribution in [3.05, 3.63) is 70.6 Å². The summed E-state index contributed by atoms with van der Waals surface area (Å²) in [4.78, 5) is 16.7. The minimum atomic E-state index is -3.44. The zero-order chi connectivity index (χ0) is 26.0. The van der Waals surface area contributed by atoms with E-state index in [-0.39, 0.29) is 0 Å². The summed E-state index contributed by atoms with van der Waals surface area (Å²) in [7, 11) is -1.96. The van der Waals surface area contributed by atoms with Crippen LogP contribution in [0.25, 0.3) is 16.5 Å². The van der Waals surface area contributed by atoms with Crippen LogP contribution in [0.4, 0.5) is 23.3 Å². The van der Waals surface area contributed by atoms with Crippen molar-refractivity contribution in [2.45, 2.75) is 13.0 Å². The molecule has 1 aliphatic rings. The molecule has 5 rings (SSSR count). The van der Waals surface area contributed by atoms with Gasteiger partial charge < -0.3 is 20.9 Å². The molecule has 4 aromatic rings. The smallest absolute Gasteiger partial charge is 0.233 e. The number of nitrogens with one attached hydrogen (secondary N) is 4. The molecule has 192 valence electrons. The Morgan fingerprint density at radius 2 is 2.08 bits per heavy atom. The van der Waals surface area contributed by atoms with Gasteiger partial charge in [-0.3, -0.25) is 4.31 Å². The fraction of sp³-hybridized carbons (Fsp3) is 0.240. The van der Waals surface area contributed by atoms with E-state index >= 15 is 0 Å². The summed E-state index contributed by atoms with van der Waals surface area (Å²) in [6.45, 7) is 2.18. The van der Waals surface area contributed by atoms with Crippen LogP contribution in [-0.4, -0.2) is 54.7 Å². The summed E-state index contributed by atoms with van der Waals surface area (Å²) >= 11 is 3.50. The van der Waals surface area contributed by atoms with Gasteiger partial charge in [0.05, 0.1) is 10.7 Å². The van der Waals surface area contributed by atoms with E-state index in [9.17, 15) is 8.42 Å². The third kappa shape index (κ3) is 5.60. The van der Waals surface area contributed by atoms with Crippen molar-refractivity contribution < 1.29 is 8.42 Å². The second-order valence-electron chi connectivity index (χ2n) is 8.73. The number of rotatable bonds is 8. The first-order chi connectivity index (χ1) is 17.8. The molecule has 10 nitrogen and oxygen atoms in total. The number of nitrogens with zero attached hydrogens (tertiary/aromatic N) is 4. The molecule has 0 saturated heterocycles. The van der Waals surface area contributed by atoms with Gasteiger partial charge in [0.15, 0.2) is 0 Å². The van der Waals surface area contributed by atoms with Crippen LogP contribution in [0.15, 0.2) is 59.5 Å². The molecule has 3 aromatic heterocycles. The summed E-state index contributed by atoms with van der Waals surface area (Å²) in [5, 5.41) is 11.1. The first-order valence-electron chi connectivity index (χ1n) is 11.7. The highest BCUT2D eigenvalue weighted by atomic mass is 79.9. The van der Waals surface area contributed by atoms with Gasteiger partial charge in [0.1, 0.15) is 11.6 Å². The van der Waals surface area contributed by atoms with Crippen molar-refractivity contribution in [2.75, 3.05) is 41.3 Å². The molecule has 0 amide bonds. The van der Waals surface area contributed by atoms with E-state index in [1.54, 1.807) is 18.5 Å². The molecule has 0 bridgehead atoms. The van der Waals surface area contributed by atoms with Crippen LogP contribution in [0.5, 0.6) is 0 Å². The summed E-state index contributed by atoms with van der Waals surface area (Å²) in [6, 6.07) is 9.73. The minimum Gasteiger partial charge on any atom is -0.365 e. The lowest BCUT2D eigenvalue weighted by Crippen LogP contribution is -2.27. The molecule has 0 radical (unpaired) electrons. The molecule has 1 aromatic carbocycles. The van der Waals surface area contributed by atoms with Gasteiger partial charge in [-0.15, -0.1) is 0 Å². The SMILES string of the molecule is CN(c1ncccc1CNc1nc(Nc2ccc3[nH]cc(C4=CCNCC4)c3c2)ncc1Br)S(C)(=O)=O. The van der Waals surface area contributed by atoms with E-state index in [4.69, 9.17) is 0 Å². The second kappa shape index (κ2) is 10.5. The Kier molecular flexibility index (Phi) is 7.13. The average Bonchev–Trinajstić information content (AvgIpc) is 3.32. The number of hydrogen-bond acceptors (Lipinski definition) is 8. The number of aromatic amines is 1. The number of benzene rings is 1. The molecule has 0 atom stereocenters. The molecule has 4 heterocycles. The van der Waals surface area contributed by atoms with Crippen LogP contribution in [0.2, 0.25) is 0 Å². The summed E-state index contributed by atoms with van der Waals surface area (Å²) < 4.78 is 25.9. The fourth-order valence-electron chi connectivity index (χ4n) is 4.20. The first kappa shape index (κ1) is 25.2. The Hall–Kier alpha value is -3.48. The molecule has 1 aliphatic heterocycles. The number of fused-ring (bicyclic) bond motifs is 1. The lowest BCUT2D eigenvalue weighted by atomic mass is 9.99. The van der Waals surface area contributed by atoms with Crippen molar-refractivity contribution in [2.24, 2.45) is 0 Å². The number of halogens is 1. The summed E-state index contributed by atoms with van der Waals surface area (Å²) in [5.41, 5.74) is 5.22. The maximum absolute atomic E-state index is 12.0. The van der Waals surface area contributed by atoms with E-state index in [0.29, 0.717) is 34.2 Å². The molecule has 37 heavy (non-hydrogen) atoms. The topological polar surface area (TPSA) is 128 Å². The van der Waals surface area contributed by atoms with Gasteiger partial charge in [0.25, 0.3) is 0 Å². The van der Waals surface area contributed by atoms with Crippen LogP contribution in [0.1, 0.15) is 17.5 Å². The molecule has 0 aliphatic carbocycles. The number of H-pyrrole nitrogens is 1. The predicted molar refractivity (Wildman–Crippen MR) is 152 cm³/mol. The van der Waals surface area contributed by atoms with E-state index in [2.05, 4.69) is 70.2 Å². The van der Waals surface area contributed by atoms with Gasteiger partial charge in [-0.2, -0.15) is 4.98 Å². The van der Waals surface area contributed by atoms with Gasteiger partial charge >= 0.3 is 0 Å². The number of hydrogen-bond donors (Lipinski definition) is 4. The highest BCUT2D eigenvalue weighted by molar-refractivity contribution is 9.10. The molecule has 0 fully saturated rings. The third-order valence-electron chi connectivity index (χ3n) is 6.20. The normalized spacial score (nSPS) is 13.9. The van der Waals surface area contributed by atoms with Crippen molar-refractivity contribution in [3.8, 4) is 0 Å². The molecule has 12 heteroatoms. The predicted octanol–water partition coefficient (Wildman–Crippen LogP) is 4.24. The van der Waals surface area contributed by atoms with Gasteiger partial charge in [-0.05, 0) is 58.7 Å². The monoisotopic (exact) mass is 582 g/mol. The zero-order valence-electron chi connectivity index (χ0n) is 20.4. The van der Waals surface area contributed by atoms with Crippen molar-refractivity contribution in [1.82, 2.24) is 25.3 Å². The van der Waals surface area contributed by atoms with E-state index in [1.807, 2.05) is 18.2 Å². The Bertz CT molecular complexity index is 1580. The van der Waals surface area contributed by atoms with Crippen LogP contribution >= 0.6 is 15.9 Å². The van der Waals surface area contributed by atoms with Crippen LogP contribution in [-0.2, 0) is 16.6 Å². The highest BCUT2D eigenvalue weighted by Gasteiger charge is 2.17. The van der Waals surface area contributed by atoms with Crippen molar-refractivity contribution in [1.29, 1.82) is 0 Å². The average molecular weight is 584 g/mol. The van der Waals surface area contributed by atoms with Gasteiger partial charge in [-0.25, -0.2) is 18.4 Å². The second-order valence-corrected chi connectivity index (χ2v) is 11.6. The summed E-state index contributed by atoms with van der Waals surface area (Å²) in [6.07, 6.45) is 9.69. The van der Waals surface area contributed by atoms with Crippen LogP contribution < -0.4 is 20.3 Å². The maximum atomic E-state index is 12.0. The van der Waals surface area contributed by atoms with E-state index in [1.165, 1.54) is 18.2 Å². The standard InChI is InChI=1S/C25H27BrN8O2S/c1-34(37(2,35)36)24-17(4-3-9-28-24)13-30-23-21(26)15-31-25(33-23)32-18-5-6-22-19(12-18)20(14-29-22)16-7-10-27-11-8-16/h3-7,9,12,14-15,27,29H,8,10-11,13H2,1-2H3,(H2,30,31,32,33). The van der Waals surface area contributed by atoms with Crippen molar-refractivity contribution in [3.63, 3.8) is 0 Å². The molecular formula is C25H27BrN8O2S. The molecular weight excluding hydrogens is 556 g/mol. The molecule has 4 N–H and O–H groups in total. The van der Waals surface area contributed by atoms with Crippen molar-refractivity contribution >= 4 is 65.7 Å². The third-order valence-corrected chi connectivity index (χ3v) is 7.95. The van der Waals surface area contributed by atoms with Gasteiger partial charge in [0, 0.05) is 66.4 Å². The lowest BCUT2D eigenvalue weighted by Gasteiger charge is -2.19. The Morgan fingerprint density at radius 1 is 1.22 bits per heavy atom. The largest absolute Gasteiger partial charge is 0.365 e. The Labute approximate surface area is 223 Å².